The van der Waals surface area contributed by atoms with Crippen LogP contribution in [0.4, 0.5) is 5.82 Å². The summed E-state index contributed by atoms with van der Waals surface area (Å²) in [5, 5.41) is 0. The first kappa shape index (κ1) is 15.5. The molecule has 0 aliphatic carbocycles. The number of aromatic nitrogens is 1. The molecule has 2 aromatic rings. The van der Waals surface area contributed by atoms with Crippen LogP contribution in [0.25, 0.3) is 0 Å². The number of benzene rings is 1. The Bertz CT molecular complexity index is 613. The topological polar surface area (TPSA) is 45.7 Å². The molecule has 0 N–H and O–H groups in total. The van der Waals surface area contributed by atoms with Gasteiger partial charge in [0, 0.05) is 25.8 Å². The quantitative estimate of drug-likeness (QED) is 0.847. The third-order valence-electron chi connectivity index (χ3n) is 3.88. The Morgan fingerprint density at radius 3 is 2.52 bits per heavy atom. The molecule has 1 fully saturated rings. The van der Waals surface area contributed by atoms with Crippen molar-refractivity contribution in [2.45, 2.75) is 6.54 Å². The Morgan fingerprint density at radius 2 is 1.83 bits per heavy atom. The SMILES string of the molecule is O=C(CN(Cc1ccccc1)c1ccccn1)N1CCOCC1. The first-order chi connectivity index (χ1) is 11.3. The Morgan fingerprint density at radius 1 is 1.09 bits per heavy atom. The van der Waals surface area contributed by atoms with Crippen LogP contribution >= 0.6 is 0 Å². The summed E-state index contributed by atoms with van der Waals surface area (Å²) in [5.41, 5.74) is 1.16. The molecule has 3 rings (SSSR count). The van der Waals surface area contributed by atoms with Gasteiger partial charge < -0.3 is 14.5 Å². The highest BCUT2D eigenvalue weighted by Crippen LogP contribution is 2.14. The highest BCUT2D eigenvalue weighted by Gasteiger charge is 2.20. The smallest absolute Gasteiger partial charge is 0.242 e. The van der Waals surface area contributed by atoms with Crippen LogP contribution in [-0.4, -0.2) is 48.6 Å². The Balaban J connectivity index is 1.73. The van der Waals surface area contributed by atoms with Crippen LogP contribution in [-0.2, 0) is 16.1 Å². The molecule has 1 amide bonds. The number of ether oxygens (including phenoxy) is 1. The van der Waals surface area contributed by atoms with Gasteiger partial charge in [-0.05, 0) is 17.7 Å². The van der Waals surface area contributed by atoms with Crippen molar-refractivity contribution in [1.82, 2.24) is 9.88 Å². The van der Waals surface area contributed by atoms with E-state index in [0.717, 1.165) is 11.4 Å². The zero-order valence-corrected chi connectivity index (χ0v) is 13.1. The fourth-order valence-electron chi connectivity index (χ4n) is 2.64. The number of pyridine rings is 1. The van der Waals surface area contributed by atoms with Crippen LogP contribution in [0.2, 0.25) is 0 Å². The van der Waals surface area contributed by atoms with E-state index in [4.69, 9.17) is 4.74 Å². The van der Waals surface area contributed by atoms with Gasteiger partial charge >= 0.3 is 0 Å². The fourth-order valence-corrected chi connectivity index (χ4v) is 2.64. The zero-order valence-electron chi connectivity index (χ0n) is 13.1. The van der Waals surface area contributed by atoms with E-state index in [2.05, 4.69) is 17.1 Å². The molecular formula is C18H21N3O2. The zero-order chi connectivity index (χ0) is 15.9. The number of hydrogen-bond acceptors (Lipinski definition) is 4. The maximum absolute atomic E-state index is 12.6. The van der Waals surface area contributed by atoms with Gasteiger partial charge in [-0.2, -0.15) is 0 Å². The van der Waals surface area contributed by atoms with Crippen molar-refractivity contribution >= 4 is 11.7 Å². The molecule has 2 heterocycles. The average molecular weight is 311 g/mol. The molecule has 23 heavy (non-hydrogen) atoms. The van der Waals surface area contributed by atoms with Gasteiger partial charge in [0.1, 0.15) is 5.82 Å². The second kappa shape index (κ2) is 7.74. The number of rotatable bonds is 5. The molecule has 1 aromatic heterocycles. The van der Waals surface area contributed by atoms with E-state index in [-0.39, 0.29) is 5.91 Å². The van der Waals surface area contributed by atoms with Crippen molar-refractivity contribution in [3.05, 3.63) is 60.3 Å². The Hall–Kier alpha value is -2.40. The second-order valence-electron chi connectivity index (χ2n) is 5.52. The number of morpholine rings is 1. The van der Waals surface area contributed by atoms with E-state index in [1.165, 1.54) is 0 Å². The van der Waals surface area contributed by atoms with Crippen molar-refractivity contribution in [1.29, 1.82) is 0 Å². The minimum atomic E-state index is 0.120. The normalized spacial score (nSPS) is 14.5. The van der Waals surface area contributed by atoms with Crippen molar-refractivity contribution in [3.63, 3.8) is 0 Å². The number of nitrogens with zero attached hydrogens (tertiary/aromatic N) is 3. The van der Waals surface area contributed by atoms with Crippen LogP contribution < -0.4 is 4.90 Å². The summed E-state index contributed by atoms with van der Waals surface area (Å²) in [5.74, 6) is 0.938. The molecule has 120 valence electrons. The number of amides is 1. The summed E-state index contributed by atoms with van der Waals surface area (Å²) in [6.45, 7) is 3.56. The maximum atomic E-state index is 12.6. The lowest BCUT2D eigenvalue weighted by molar-refractivity contribution is -0.133. The molecule has 0 radical (unpaired) electrons. The van der Waals surface area contributed by atoms with Crippen LogP contribution in [0.3, 0.4) is 0 Å². The van der Waals surface area contributed by atoms with Crippen molar-refractivity contribution in [2.75, 3.05) is 37.7 Å². The van der Waals surface area contributed by atoms with E-state index >= 15 is 0 Å². The van der Waals surface area contributed by atoms with Gasteiger partial charge in [-0.3, -0.25) is 4.79 Å². The minimum absolute atomic E-state index is 0.120. The number of hydrogen-bond donors (Lipinski definition) is 0. The van der Waals surface area contributed by atoms with Gasteiger partial charge in [-0.15, -0.1) is 0 Å². The summed E-state index contributed by atoms with van der Waals surface area (Å²) in [6, 6.07) is 15.9. The lowest BCUT2D eigenvalue weighted by atomic mass is 10.2. The lowest BCUT2D eigenvalue weighted by Crippen LogP contribution is -2.45. The molecule has 1 aromatic carbocycles. The van der Waals surface area contributed by atoms with Crippen LogP contribution in [0.5, 0.6) is 0 Å². The van der Waals surface area contributed by atoms with E-state index in [0.29, 0.717) is 39.4 Å². The molecule has 0 unspecified atom stereocenters. The molecule has 1 aliphatic heterocycles. The largest absolute Gasteiger partial charge is 0.378 e. The molecule has 0 bridgehead atoms. The Labute approximate surface area is 136 Å². The summed E-state index contributed by atoms with van der Waals surface area (Å²) in [6.07, 6.45) is 1.76. The highest BCUT2D eigenvalue weighted by atomic mass is 16.5. The average Bonchev–Trinajstić information content (AvgIpc) is 2.63. The van der Waals surface area contributed by atoms with E-state index in [9.17, 15) is 4.79 Å². The first-order valence-electron chi connectivity index (χ1n) is 7.88. The van der Waals surface area contributed by atoms with Crippen molar-refractivity contribution < 1.29 is 9.53 Å². The van der Waals surface area contributed by atoms with Crippen molar-refractivity contribution in [2.24, 2.45) is 0 Å². The van der Waals surface area contributed by atoms with Crippen LogP contribution in [0.1, 0.15) is 5.56 Å². The predicted octanol–water partition coefficient (Wildman–Crippen LogP) is 1.95. The van der Waals surface area contributed by atoms with E-state index < -0.39 is 0 Å². The second-order valence-corrected chi connectivity index (χ2v) is 5.52. The van der Waals surface area contributed by atoms with Gasteiger partial charge in [0.15, 0.2) is 0 Å². The number of carbonyl (C=O) groups excluding carboxylic acids is 1. The highest BCUT2D eigenvalue weighted by molar-refractivity contribution is 5.81. The third-order valence-corrected chi connectivity index (χ3v) is 3.88. The monoisotopic (exact) mass is 311 g/mol. The fraction of sp³-hybridized carbons (Fsp3) is 0.333. The summed E-state index contributed by atoms with van der Waals surface area (Å²) in [7, 11) is 0. The molecular weight excluding hydrogens is 290 g/mol. The first-order valence-corrected chi connectivity index (χ1v) is 7.88. The molecule has 0 saturated carbocycles. The van der Waals surface area contributed by atoms with Gasteiger partial charge in [0.25, 0.3) is 0 Å². The molecule has 0 atom stereocenters. The predicted molar refractivity (Wildman–Crippen MR) is 89.1 cm³/mol. The number of carbonyl (C=O) groups is 1. The molecule has 0 spiro atoms. The van der Waals surface area contributed by atoms with Crippen LogP contribution in [0.15, 0.2) is 54.7 Å². The van der Waals surface area contributed by atoms with Gasteiger partial charge in [-0.25, -0.2) is 4.98 Å². The van der Waals surface area contributed by atoms with E-state index in [1.54, 1.807) is 6.20 Å². The molecule has 5 heteroatoms. The Kier molecular flexibility index (Phi) is 5.21. The standard InChI is InChI=1S/C18H21N3O2/c22-18(20-10-12-23-13-11-20)15-21(17-8-4-5-9-19-17)14-16-6-2-1-3-7-16/h1-9H,10-15H2. The molecule has 1 aliphatic rings. The van der Waals surface area contributed by atoms with Gasteiger partial charge in [0.05, 0.1) is 19.8 Å². The lowest BCUT2D eigenvalue weighted by Gasteiger charge is -2.30. The molecule has 1 saturated heterocycles. The third kappa shape index (κ3) is 4.29. The summed E-state index contributed by atoms with van der Waals surface area (Å²) >= 11 is 0. The minimum Gasteiger partial charge on any atom is -0.378 e. The maximum Gasteiger partial charge on any atom is 0.242 e. The van der Waals surface area contributed by atoms with E-state index in [1.807, 2.05) is 46.2 Å². The van der Waals surface area contributed by atoms with Gasteiger partial charge in [0.2, 0.25) is 5.91 Å². The molecule has 5 nitrogen and oxygen atoms in total. The summed E-state index contributed by atoms with van der Waals surface area (Å²) < 4.78 is 5.32. The summed E-state index contributed by atoms with van der Waals surface area (Å²) in [4.78, 5) is 20.9. The van der Waals surface area contributed by atoms with Gasteiger partial charge in [-0.1, -0.05) is 36.4 Å². The van der Waals surface area contributed by atoms with Crippen LogP contribution in [0, 0.1) is 0 Å². The van der Waals surface area contributed by atoms with Crippen molar-refractivity contribution in [3.8, 4) is 0 Å². The number of anilines is 1.